The summed E-state index contributed by atoms with van der Waals surface area (Å²) in [5.74, 6) is 1.16. The van der Waals surface area contributed by atoms with Crippen LogP contribution in [0.1, 0.15) is 39.5 Å². The van der Waals surface area contributed by atoms with Gasteiger partial charge in [-0.25, -0.2) is 4.98 Å². The molecule has 4 N–H and O–H groups in total. The Morgan fingerprint density at radius 2 is 2.19 bits per heavy atom. The summed E-state index contributed by atoms with van der Waals surface area (Å²) in [6.07, 6.45) is 0. The van der Waals surface area contributed by atoms with Crippen molar-refractivity contribution in [2.24, 2.45) is 5.73 Å². The molecule has 7 nitrogen and oxygen atoms in total. The third-order valence-electron chi connectivity index (χ3n) is 5.13. The maximum absolute atomic E-state index is 12.9. The number of fused-ring (bicyclic) bond motifs is 1. The van der Waals surface area contributed by atoms with Gasteiger partial charge >= 0.3 is 0 Å². The van der Waals surface area contributed by atoms with Gasteiger partial charge in [-0.15, -0.1) is 11.8 Å². The normalized spacial score (nSPS) is 17.2. The van der Waals surface area contributed by atoms with E-state index in [2.05, 4.69) is 31.2 Å². The van der Waals surface area contributed by atoms with Crippen molar-refractivity contribution in [3.8, 4) is 0 Å². The summed E-state index contributed by atoms with van der Waals surface area (Å²) in [6, 6.07) is 10.0. The topological polar surface area (TPSA) is 104 Å². The number of carbonyl (C=O) groups excluding carboxylic acids is 2. The van der Waals surface area contributed by atoms with Gasteiger partial charge in [-0.2, -0.15) is 0 Å². The number of nitrogens with two attached hydrogens (primary N) is 1. The van der Waals surface area contributed by atoms with Gasteiger partial charge in [-0.05, 0) is 59.3 Å². The van der Waals surface area contributed by atoms with Gasteiger partial charge in [0.15, 0.2) is 0 Å². The highest BCUT2D eigenvalue weighted by Gasteiger charge is 2.30. The first-order valence-corrected chi connectivity index (χ1v) is 12.0. The van der Waals surface area contributed by atoms with E-state index in [1.54, 1.807) is 47.0 Å². The van der Waals surface area contributed by atoms with E-state index in [-0.39, 0.29) is 23.2 Å². The van der Waals surface area contributed by atoms with Crippen LogP contribution in [0.3, 0.4) is 0 Å². The number of halogens is 2. The molecule has 2 atom stereocenters. The van der Waals surface area contributed by atoms with E-state index in [1.807, 2.05) is 13.0 Å². The zero-order valence-electron chi connectivity index (χ0n) is 16.7. The van der Waals surface area contributed by atoms with Crippen LogP contribution in [0, 0.1) is 0 Å². The molecule has 1 aliphatic rings. The van der Waals surface area contributed by atoms with Crippen LogP contribution >= 0.6 is 39.3 Å². The van der Waals surface area contributed by atoms with Crippen LogP contribution in [0.2, 0.25) is 5.02 Å². The highest BCUT2D eigenvalue weighted by atomic mass is 79.9. The number of nitrogens with one attached hydrogen (secondary N) is 2. The molecule has 3 aromatic rings. The first kappa shape index (κ1) is 22.1. The Morgan fingerprint density at radius 1 is 1.39 bits per heavy atom. The Kier molecular flexibility index (Phi) is 6.57. The number of imidazole rings is 1. The van der Waals surface area contributed by atoms with Crippen molar-refractivity contribution in [1.29, 1.82) is 0 Å². The van der Waals surface area contributed by atoms with Gasteiger partial charge in [-0.3, -0.25) is 9.59 Å². The van der Waals surface area contributed by atoms with Gasteiger partial charge in [0, 0.05) is 33.9 Å². The van der Waals surface area contributed by atoms with Crippen LogP contribution in [-0.2, 0) is 0 Å². The van der Waals surface area contributed by atoms with Gasteiger partial charge in [0.05, 0.1) is 28.0 Å². The minimum Gasteiger partial charge on any atom is -0.342 e. The molecule has 1 saturated heterocycles. The minimum absolute atomic E-state index is 0.0121. The van der Waals surface area contributed by atoms with Crippen LogP contribution in [-0.4, -0.2) is 50.9 Å². The fourth-order valence-electron chi connectivity index (χ4n) is 3.49. The highest BCUT2D eigenvalue weighted by Crippen LogP contribution is 2.28. The average Bonchev–Trinajstić information content (AvgIpc) is 3.39. The summed E-state index contributed by atoms with van der Waals surface area (Å²) in [5.41, 5.74) is 8.32. The molecular formula is C21H21BrClN5O2S. The summed E-state index contributed by atoms with van der Waals surface area (Å²) in [4.78, 5) is 35.2. The lowest BCUT2D eigenvalue weighted by Crippen LogP contribution is -2.39. The van der Waals surface area contributed by atoms with Gasteiger partial charge in [-0.1, -0.05) is 11.6 Å². The van der Waals surface area contributed by atoms with Crippen molar-refractivity contribution in [2.75, 3.05) is 18.8 Å². The lowest BCUT2D eigenvalue weighted by Gasteiger charge is -2.23. The van der Waals surface area contributed by atoms with E-state index >= 15 is 0 Å². The number of aromatic amines is 1. The van der Waals surface area contributed by atoms with Crippen LogP contribution in [0.25, 0.3) is 11.0 Å². The first-order chi connectivity index (χ1) is 14.9. The van der Waals surface area contributed by atoms with Gasteiger partial charge in [0.1, 0.15) is 5.82 Å². The summed E-state index contributed by atoms with van der Waals surface area (Å²) in [7, 11) is 0. The highest BCUT2D eigenvalue weighted by molar-refractivity contribution is 9.10. The van der Waals surface area contributed by atoms with Crippen LogP contribution < -0.4 is 11.1 Å². The second-order valence-corrected chi connectivity index (χ2v) is 9.81. The number of nitrogens with zero attached hydrogens (tertiary/aromatic N) is 2. The SMILES string of the molecule is C[C@H](NC(=O)c1ccc(C(=O)N2CCSC2CN)c(Br)c1)c1nc2ccc(Cl)cc2[nH]1. The van der Waals surface area contributed by atoms with E-state index in [9.17, 15) is 9.59 Å². The zero-order valence-corrected chi connectivity index (χ0v) is 19.9. The van der Waals surface area contributed by atoms with E-state index in [1.165, 1.54) is 0 Å². The second kappa shape index (κ2) is 9.20. The molecule has 2 aromatic carbocycles. The molecule has 4 rings (SSSR count). The zero-order chi connectivity index (χ0) is 22.1. The first-order valence-electron chi connectivity index (χ1n) is 9.75. The van der Waals surface area contributed by atoms with Crippen LogP contribution in [0.4, 0.5) is 0 Å². The molecule has 0 aliphatic carbocycles. The monoisotopic (exact) mass is 521 g/mol. The van der Waals surface area contributed by atoms with E-state index in [0.717, 1.165) is 16.8 Å². The molecule has 1 fully saturated rings. The molecule has 2 amide bonds. The number of thioether (sulfide) groups is 1. The Labute approximate surface area is 197 Å². The molecule has 1 unspecified atom stereocenters. The average molecular weight is 523 g/mol. The number of amides is 2. The fourth-order valence-corrected chi connectivity index (χ4v) is 5.30. The molecular weight excluding hydrogens is 502 g/mol. The van der Waals surface area contributed by atoms with E-state index in [4.69, 9.17) is 17.3 Å². The lowest BCUT2D eigenvalue weighted by molar-refractivity contribution is 0.0762. The van der Waals surface area contributed by atoms with Gasteiger partial charge in [0.2, 0.25) is 0 Å². The number of hydrogen-bond donors (Lipinski definition) is 3. The molecule has 162 valence electrons. The van der Waals surface area contributed by atoms with E-state index < -0.39 is 0 Å². The largest absolute Gasteiger partial charge is 0.342 e. The number of carbonyl (C=O) groups is 2. The minimum atomic E-state index is -0.342. The fraction of sp³-hybridized carbons (Fsp3) is 0.286. The van der Waals surface area contributed by atoms with E-state index in [0.29, 0.717) is 39.5 Å². The quantitative estimate of drug-likeness (QED) is 0.471. The Hall–Kier alpha value is -2.07. The molecule has 0 radical (unpaired) electrons. The number of benzene rings is 2. The Balaban J connectivity index is 1.48. The van der Waals surface area contributed by atoms with Gasteiger partial charge in [0.25, 0.3) is 11.8 Å². The van der Waals surface area contributed by atoms with Crippen molar-refractivity contribution in [3.05, 3.63) is 62.8 Å². The molecule has 2 heterocycles. The third kappa shape index (κ3) is 4.59. The third-order valence-corrected chi connectivity index (χ3v) is 7.28. The van der Waals surface area contributed by atoms with Crippen molar-refractivity contribution in [3.63, 3.8) is 0 Å². The molecule has 0 spiro atoms. The lowest BCUT2D eigenvalue weighted by atomic mass is 10.1. The Morgan fingerprint density at radius 3 is 2.94 bits per heavy atom. The van der Waals surface area contributed by atoms with Crippen molar-refractivity contribution in [1.82, 2.24) is 20.2 Å². The van der Waals surface area contributed by atoms with Gasteiger partial charge < -0.3 is 20.9 Å². The maximum atomic E-state index is 12.9. The summed E-state index contributed by atoms with van der Waals surface area (Å²) in [5, 5.41) is 3.54. The standard InChI is InChI=1S/C21H21BrClN5O2S/c1-11(19-26-16-5-3-13(23)9-17(16)27-19)25-20(29)12-2-4-14(15(22)8-12)21(30)28-6-7-31-18(28)10-24/h2-5,8-9,11,18H,6-7,10,24H2,1H3,(H,25,29)(H,26,27)/t11-,18?/m0/s1. The molecule has 10 heteroatoms. The predicted octanol–water partition coefficient (Wildman–Crippen LogP) is 3.94. The molecule has 1 aromatic heterocycles. The summed E-state index contributed by atoms with van der Waals surface area (Å²) >= 11 is 11.2. The van der Waals surface area contributed by atoms with Crippen molar-refractivity contribution < 1.29 is 9.59 Å². The van der Waals surface area contributed by atoms with Crippen LogP contribution in [0.5, 0.6) is 0 Å². The number of H-pyrrole nitrogens is 1. The molecule has 0 bridgehead atoms. The molecule has 0 saturated carbocycles. The molecule has 31 heavy (non-hydrogen) atoms. The Bertz CT molecular complexity index is 1150. The predicted molar refractivity (Wildman–Crippen MR) is 127 cm³/mol. The molecule has 1 aliphatic heterocycles. The van der Waals surface area contributed by atoms with Crippen molar-refractivity contribution in [2.45, 2.75) is 18.3 Å². The number of aromatic nitrogens is 2. The maximum Gasteiger partial charge on any atom is 0.255 e. The van der Waals surface area contributed by atoms with Crippen molar-refractivity contribution >= 4 is 62.1 Å². The second-order valence-electron chi connectivity index (χ2n) is 7.23. The summed E-state index contributed by atoms with van der Waals surface area (Å²) < 4.78 is 0.573. The number of hydrogen-bond acceptors (Lipinski definition) is 5. The van der Waals surface area contributed by atoms with Crippen LogP contribution in [0.15, 0.2) is 40.9 Å². The summed E-state index contributed by atoms with van der Waals surface area (Å²) in [6.45, 7) is 2.93. The number of rotatable bonds is 5. The smallest absolute Gasteiger partial charge is 0.255 e.